The van der Waals surface area contributed by atoms with Crippen molar-refractivity contribution in [2.75, 3.05) is 44.8 Å². The second-order valence-electron chi connectivity index (χ2n) is 6.94. The topological polar surface area (TPSA) is 54.0 Å². The van der Waals surface area contributed by atoms with E-state index < -0.39 is 0 Å². The van der Waals surface area contributed by atoms with Crippen LogP contribution in [0, 0.1) is 0 Å². The molecule has 2 aromatic rings. The SMILES string of the molecule is COc1ccc(N2CCN(C(=O)NC3COc4ccccc4C3)CC2)cc1. The Kier molecular flexibility index (Phi) is 5.05. The van der Waals surface area contributed by atoms with E-state index in [0.29, 0.717) is 19.7 Å². The molecule has 2 aliphatic heterocycles. The monoisotopic (exact) mass is 367 g/mol. The number of nitrogens with one attached hydrogen (secondary N) is 1. The van der Waals surface area contributed by atoms with Gasteiger partial charge in [0.05, 0.1) is 13.2 Å². The van der Waals surface area contributed by atoms with E-state index in [1.807, 2.05) is 35.2 Å². The maximum Gasteiger partial charge on any atom is 0.317 e. The molecular weight excluding hydrogens is 342 g/mol. The molecule has 2 amide bonds. The zero-order chi connectivity index (χ0) is 18.6. The van der Waals surface area contributed by atoms with Crippen molar-refractivity contribution >= 4 is 11.7 Å². The maximum atomic E-state index is 12.6. The first-order valence-electron chi connectivity index (χ1n) is 9.38. The Morgan fingerprint density at radius 2 is 1.81 bits per heavy atom. The molecule has 1 unspecified atom stereocenters. The quantitative estimate of drug-likeness (QED) is 0.906. The summed E-state index contributed by atoms with van der Waals surface area (Å²) in [6.45, 7) is 3.59. The summed E-state index contributed by atoms with van der Waals surface area (Å²) in [5.41, 5.74) is 2.31. The van der Waals surface area contributed by atoms with Crippen LogP contribution in [-0.4, -0.2) is 56.9 Å². The van der Waals surface area contributed by atoms with Crippen LogP contribution in [0.1, 0.15) is 5.56 Å². The number of fused-ring (bicyclic) bond motifs is 1. The number of methoxy groups -OCH3 is 1. The predicted octanol–water partition coefficient (Wildman–Crippen LogP) is 2.53. The van der Waals surface area contributed by atoms with E-state index in [4.69, 9.17) is 9.47 Å². The molecule has 0 aromatic heterocycles. The molecule has 1 saturated heterocycles. The van der Waals surface area contributed by atoms with Crippen molar-refractivity contribution in [3.8, 4) is 11.5 Å². The fraction of sp³-hybridized carbons (Fsp3) is 0.381. The molecular formula is C21H25N3O3. The number of carbonyl (C=O) groups excluding carboxylic acids is 1. The number of amides is 2. The molecule has 6 heteroatoms. The van der Waals surface area contributed by atoms with Crippen LogP contribution in [0.25, 0.3) is 0 Å². The van der Waals surface area contributed by atoms with Gasteiger partial charge in [0.2, 0.25) is 0 Å². The second kappa shape index (κ2) is 7.78. The summed E-state index contributed by atoms with van der Waals surface area (Å²) in [5.74, 6) is 1.78. The molecule has 1 fully saturated rings. The van der Waals surface area contributed by atoms with E-state index in [9.17, 15) is 4.79 Å². The Balaban J connectivity index is 1.28. The number of ether oxygens (including phenoxy) is 2. The van der Waals surface area contributed by atoms with Crippen molar-refractivity contribution in [2.24, 2.45) is 0 Å². The summed E-state index contributed by atoms with van der Waals surface area (Å²) in [6, 6.07) is 16.1. The highest BCUT2D eigenvalue weighted by molar-refractivity contribution is 5.75. The lowest BCUT2D eigenvalue weighted by Crippen LogP contribution is -2.55. The zero-order valence-corrected chi connectivity index (χ0v) is 15.6. The molecule has 0 aliphatic carbocycles. The van der Waals surface area contributed by atoms with Gasteiger partial charge in [0, 0.05) is 31.9 Å². The Hall–Kier alpha value is -2.89. The first-order chi connectivity index (χ1) is 13.2. The lowest BCUT2D eigenvalue weighted by molar-refractivity contribution is 0.178. The highest BCUT2D eigenvalue weighted by atomic mass is 16.5. The molecule has 0 spiro atoms. The van der Waals surface area contributed by atoms with E-state index in [-0.39, 0.29) is 12.1 Å². The van der Waals surface area contributed by atoms with Gasteiger partial charge in [0.1, 0.15) is 18.1 Å². The van der Waals surface area contributed by atoms with E-state index in [2.05, 4.69) is 28.4 Å². The average molecular weight is 367 g/mol. The van der Waals surface area contributed by atoms with Crippen molar-refractivity contribution in [1.82, 2.24) is 10.2 Å². The van der Waals surface area contributed by atoms with E-state index in [1.54, 1.807) is 7.11 Å². The molecule has 2 heterocycles. The summed E-state index contributed by atoms with van der Waals surface area (Å²) in [4.78, 5) is 16.8. The highest BCUT2D eigenvalue weighted by Gasteiger charge is 2.26. The van der Waals surface area contributed by atoms with Crippen LogP contribution in [0.3, 0.4) is 0 Å². The van der Waals surface area contributed by atoms with Crippen LogP contribution in [0.2, 0.25) is 0 Å². The fourth-order valence-electron chi connectivity index (χ4n) is 3.65. The van der Waals surface area contributed by atoms with Gasteiger partial charge in [-0.25, -0.2) is 4.79 Å². The summed E-state index contributed by atoms with van der Waals surface area (Å²) < 4.78 is 11.0. The van der Waals surface area contributed by atoms with Crippen LogP contribution in [0.15, 0.2) is 48.5 Å². The second-order valence-corrected chi connectivity index (χ2v) is 6.94. The molecule has 142 valence electrons. The van der Waals surface area contributed by atoms with Crippen molar-refractivity contribution in [2.45, 2.75) is 12.5 Å². The van der Waals surface area contributed by atoms with Gasteiger partial charge in [0.15, 0.2) is 0 Å². The molecule has 2 aliphatic rings. The zero-order valence-electron chi connectivity index (χ0n) is 15.6. The number of para-hydroxylation sites is 1. The standard InChI is InChI=1S/C21H25N3O3/c1-26-19-8-6-18(7-9-19)23-10-12-24(13-11-23)21(25)22-17-14-16-4-2-3-5-20(16)27-15-17/h2-9,17H,10-15H2,1H3,(H,22,25). The fourth-order valence-corrected chi connectivity index (χ4v) is 3.65. The molecule has 27 heavy (non-hydrogen) atoms. The maximum absolute atomic E-state index is 12.6. The lowest BCUT2D eigenvalue weighted by atomic mass is 10.0. The molecule has 1 atom stereocenters. The molecule has 6 nitrogen and oxygen atoms in total. The first-order valence-corrected chi connectivity index (χ1v) is 9.38. The third kappa shape index (κ3) is 3.94. The smallest absolute Gasteiger partial charge is 0.317 e. The number of urea groups is 1. The van der Waals surface area contributed by atoms with Crippen molar-refractivity contribution < 1.29 is 14.3 Å². The van der Waals surface area contributed by atoms with E-state index >= 15 is 0 Å². The molecule has 2 aromatic carbocycles. The van der Waals surface area contributed by atoms with Gasteiger partial charge in [-0.05, 0) is 42.3 Å². The van der Waals surface area contributed by atoms with Crippen molar-refractivity contribution in [3.63, 3.8) is 0 Å². The largest absolute Gasteiger partial charge is 0.497 e. The predicted molar refractivity (Wildman–Crippen MR) is 105 cm³/mol. The molecule has 0 bridgehead atoms. The van der Waals surface area contributed by atoms with Gasteiger partial charge in [-0.2, -0.15) is 0 Å². The average Bonchev–Trinajstić information content (AvgIpc) is 2.74. The summed E-state index contributed by atoms with van der Waals surface area (Å²) in [6.07, 6.45) is 0.813. The third-order valence-corrected chi connectivity index (χ3v) is 5.21. The minimum atomic E-state index is -0.00244. The number of rotatable bonds is 3. The number of nitrogens with zero attached hydrogens (tertiary/aromatic N) is 2. The van der Waals surface area contributed by atoms with Crippen molar-refractivity contribution in [3.05, 3.63) is 54.1 Å². The van der Waals surface area contributed by atoms with Crippen LogP contribution in [0.5, 0.6) is 11.5 Å². The van der Waals surface area contributed by atoms with Crippen LogP contribution in [0.4, 0.5) is 10.5 Å². The molecule has 0 saturated carbocycles. The number of piperazine rings is 1. The molecule has 4 rings (SSSR count). The van der Waals surface area contributed by atoms with Gasteiger partial charge in [-0.1, -0.05) is 18.2 Å². The summed E-state index contributed by atoms with van der Waals surface area (Å²) >= 11 is 0. The van der Waals surface area contributed by atoms with Gasteiger partial charge < -0.3 is 24.6 Å². The van der Waals surface area contributed by atoms with E-state index in [1.165, 1.54) is 0 Å². The lowest BCUT2D eigenvalue weighted by Gasteiger charge is -2.37. The van der Waals surface area contributed by atoms with Crippen molar-refractivity contribution in [1.29, 1.82) is 0 Å². The third-order valence-electron chi connectivity index (χ3n) is 5.21. The summed E-state index contributed by atoms with van der Waals surface area (Å²) in [5, 5.41) is 3.13. The molecule has 0 radical (unpaired) electrons. The van der Waals surface area contributed by atoms with Gasteiger partial charge in [-0.3, -0.25) is 0 Å². The van der Waals surface area contributed by atoms with Crippen LogP contribution >= 0.6 is 0 Å². The Bertz CT molecular complexity index is 786. The Morgan fingerprint density at radius 1 is 1.07 bits per heavy atom. The highest BCUT2D eigenvalue weighted by Crippen LogP contribution is 2.24. The number of carbonyl (C=O) groups is 1. The number of hydrogen-bond donors (Lipinski definition) is 1. The van der Waals surface area contributed by atoms with Crippen LogP contribution < -0.4 is 19.7 Å². The number of anilines is 1. The van der Waals surface area contributed by atoms with Gasteiger partial charge >= 0.3 is 6.03 Å². The Morgan fingerprint density at radius 3 is 2.56 bits per heavy atom. The van der Waals surface area contributed by atoms with Crippen LogP contribution in [-0.2, 0) is 6.42 Å². The van der Waals surface area contributed by atoms with E-state index in [0.717, 1.165) is 42.3 Å². The molecule has 1 N–H and O–H groups in total. The number of hydrogen-bond acceptors (Lipinski definition) is 4. The summed E-state index contributed by atoms with van der Waals surface area (Å²) in [7, 11) is 1.67. The minimum absolute atomic E-state index is 0.00244. The number of benzene rings is 2. The first kappa shape index (κ1) is 17.5. The van der Waals surface area contributed by atoms with Gasteiger partial charge in [0.25, 0.3) is 0 Å². The normalized spacial score (nSPS) is 19.1. The minimum Gasteiger partial charge on any atom is -0.497 e. The Labute approximate surface area is 159 Å². The van der Waals surface area contributed by atoms with Gasteiger partial charge in [-0.15, -0.1) is 0 Å².